The molecule has 0 aromatic heterocycles. The Bertz CT molecular complexity index is 995. The number of carboxylic acids is 3. The number of carboxylic acid groups (broad SMARTS) is 3. The van der Waals surface area contributed by atoms with Crippen LogP contribution in [-0.2, 0) is 19.2 Å². The smallest absolute Gasteiger partial charge is 0.490 e. The van der Waals surface area contributed by atoms with E-state index in [1.54, 1.807) is 24.3 Å². The maximum absolute atomic E-state index is 11.7. The van der Waals surface area contributed by atoms with Gasteiger partial charge in [-0.1, -0.05) is 18.6 Å². The Kier molecular flexibility index (Phi) is 21.4. The Morgan fingerprint density at radius 1 is 0.841 bits per heavy atom. The first-order chi connectivity index (χ1) is 19.9. The molecule has 1 atom stereocenters. The van der Waals surface area contributed by atoms with Gasteiger partial charge in [0.25, 0.3) is 0 Å². The molecular weight excluding hydrogens is 633 g/mol. The molecule has 0 fully saturated rings. The first kappa shape index (κ1) is 44.1. The Labute approximate surface area is 242 Å². The number of ether oxygens (including phenoxy) is 1. The summed E-state index contributed by atoms with van der Waals surface area (Å²) in [6.45, 7) is 1.59. The minimum absolute atomic E-state index is 0.00587. The second-order valence-electron chi connectivity index (χ2n) is 7.73. The standard InChI is InChI=1S/C16H27N5O2.3C2HF3O2/c17-8-2-1-7-14(18)16(22)21-9-4-10-23-13-6-3-5-12(11-13)15(19)20;3*3-2(4,5)1(6)7/h3,5-6,11,14H,1-2,4,7-10,17-18H2,(H3,19,20)(H,21,22);3*(H,6,7)/t14-;;;/m0.../s1. The number of hydrogen-bond donors (Lipinski definition) is 8. The lowest BCUT2D eigenvalue weighted by Gasteiger charge is -2.12. The van der Waals surface area contributed by atoms with Gasteiger partial charge in [0.2, 0.25) is 5.91 Å². The average molecular weight is 663 g/mol. The minimum Gasteiger partial charge on any atom is -0.494 e. The monoisotopic (exact) mass is 663 g/mol. The number of halogens is 9. The highest BCUT2D eigenvalue weighted by Crippen LogP contribution is 2.15. The van der Waals surface area contributed by atoms with Crippen LogP contribution >= 0.6 is 0 Å². The van der Waals surface area contributed by atoms with Crippen LogP contribution in [0.25, 0.3) is 0 Å². The molecule has 11 N–H and O–H groups in total. The van der Waals surface area contributed by atoms with Crippen LogP contribution in [0, 0.1) is 5.41 Å². The van der Waals surface area contributed by atoms with Crippen molar-refractivity contribution in [2.75, 3.05) is 19.7 Å². The fourth-order valence-electron chi connectivity index (χ4n) is 2.00. The number of nitrogens with one attached hydrogen (secondary N) is 2. The molecular formula is C22H30F9N5O8. The van der Waals surface area contributed by atoms with E-state index in [0.717, 1.165) is 12.8 Å². The van der Waals surface area contributed by atoms with Crippen LogP contribution < -0.4 is 27.3 Å². The van der Waals surface area contributed by atoms with Gasteiger partial charge in [-0.25, -0.2) is 14.4 Å². The highest BCUT2D eigenvalue weighted by atomic mass is 19.4. The first-order valence-corrected chi connectivity index (χ1v) is 11.6. The second-order valence-corrected chi connectivity index (χ2v) is 7.73. The van der Waals surface area contributed by atoms with Crippen LogP contribution in [0.4, 0.5) is 39.5 Å². The van der Waals surface area contributed by atoms with Gasteiger partial charge in [0.15, 0.2) is 0 Å². The van der Waals surface area contributed by atoms with Crippen molar-refractivity contribution in [3.63, 3.8) is 0 Å². The van der Waals surface area contributed by atoms with Crippen molar-refractivity contribution in [2.45, 2.75) is 50.3 Å². The number of nitrogens with two attached hydrogens (primary N) is 3. The molecule has 1 rings (SSSR count). The number of nitrogen functional groups attached to an aromatic ring is 1. The number of alkyl halides is 9. The van der Waals surface area contributed by atoms with E-state index in [0.29, 0.717) is 43.9 Å². The van der Waals surface area contributed by atoms with Gasteiger partial charge in [-0.05, 0) is 37.9 Å². The lowest BCUT2D eigenvalue weighted by atomic mass is 10.1. The molecule has 1 aromatic rings. The minimum atomic E-state index is -5.08. The summed E-state index contributed by atoms with van der Waals surface area (Å²) in [6.07, 6.45) is -12.2. The quantitative estimate of drug-likeness (QED) is 0.0737. The molecule has 0 aliphatic carbocycles. The van der Waals surface area contributed by atoms with E-state index in [-0.39, 0.29) is 11.7 Å². The lowest BCUT2D eigenvalue weighted by Crippen LogP contribution is -2.41. The largest absolute Gasteiger partial charge is 0.494 e. The van der Waals surface area contributed by atoms with E-state index in [4.69, 9.17) is 57.1 Å². The van der Waals surface area contributed by atoms with Gasteiger partial charge in [-0.2, -0.15) is 39.5 Å². The number of aliphatic carboxylic acids is 3. The number of benzene rings is 1. The van der Waals surface area contributed by atoms with Crippen molar-refractivity contribution in [3.05, 3.63) is 29.8 Å². The molecule has 44 heavy (non-hydrogen) atoms. The summed E-state index contributed by atoms with van der Waals surface area (Å²) in [5, 5.41) is 31.5. The molecule has 0 bridgehead atoms. The summed E-state index contributed by atoms with van der Waals surface area (Å²) >= 11 is 0. The van der Waals surface area contributed by atoms with Crippen molar-refractivity contribution in [2.24, 2.45) is 17.2 Å². The molecule has 1 amide bonds. The predicted molar refractivity (Wildman–Crippen MR) is 133 cm³/mol. The van der Waals surface area contributed by atoms with Gasteiger partial charge in [-0.3, -0.25) is 10.2 Å². The molecule has 0 heterocycles. The highest BCUT2D eigenvalue weighted by molar-refractivity contribution is 5.95. The van der Waals surface area contributed by atoms with Crippen LogP contribution in [0.2, 0.25) is 0 Å². The molecule has 1 aromatic carbocycles. The molecule has 0 spiro atoms. The topological polar surface area (TPSA) is 252 Å². The first-order valence-electron chi connectivity index (χ1n) is 11.6. The van der Waals surface area contributed by atoms with E-state index in [1.807, 2.05) is 0 Å². The van der Waals surface area contributed by atoms with E-state index in [2.05, 4.69) is 5.32 Å². The van der Waals surface area contributed by atoms with Crippen molar-refractivity contribution in [1.29, 1.82) is 5.41 Å². The summed E-state index contributed by atoms with van der Waals surface area (Å²) in [6, 6.07) is 6.58. The van der Waals surface area contributed by atoms with Gasteiger partial charge >= 0.3 is 36.4 Å². The van der Waals surface area contributed by atoms with Crippen molar-refractivity contribution in [3.8, 4) is 5.75 Å². The molecule has 0 radical (unpaired) electrons. The number of unbranched alkanes of at least 4 members (excludes halogenated alkanes) is 1. The maximum Gasteiger partial charge on any atom is 0.490 e. The number of rotatable bonds is 11. The van der Waals surface area contributed by atoms with Gasteiger partial charge < -0.3 is 42.6 Å². The lowest BCUT2D eigenvalue weighted by molar-refractivity contribution is -0.193. The van der Waals surface area contributed by atoms with Crippen LogP contribution in [0.3, 0.4) is 0 Å². The van der Waals surface area contributed by atoms with Gasteiger partial charge in [0.05, 0.1) is 12.6 Å². The normalized spacial score (nSPS) is 11.5. The van der Waals surface area contributed by atoms with Gasteiger partial charge in [0, 0.05) is 12.1 Å². The Balaban J connectivity index is -0.000000649. The molecule has 0 aliphatic rings. The van der Waals surface area contributed by atoms with Crippen LogP contribution in [-0.4, -0.2) is 89.2 Å². The van der Waals surface area contributed by atoms with E-state index < -0.39 is 42.5 Å². The molecule has 0 aliphatic heterocycles. The predicted octanol–water partition coefficient (Wildman–Crippen LogP) is 2.21. The third-order valence-corrected chi connectivity index (χ3v) is 4.07. The molecule has 22 heteroatoms. The van der Waals surface area contributed by atoms with E-state index in [9.17, 15) is 44.3 Å². The SMILES string of the molecule is N=C(N)c1cccc(OCCCNC(=O)[C@@H](N)CCCCN)c1.O=C(O)C(F)(F)F.O=C(O)C(F)(F)F.O=C(O)C(F)(F)F. The number of amides is 1. The number of amidine groups is 1. The van der Waals surface area contributed by atoms with Gasteiger partial charge in [0.1, 0.15) is 11.6 Å². The summed E-state index contributed by atoms with van der Waals surface area (Å²) in [7, 11) is 0. The Morgan fingerprint density at radius 2 is 1.27 bits per heavy atom. The van der Waals surface area contributed by atoms with Gasteiger partial charge in [-0.15, -0.1) is 0 Å². The third-order valence-electron chi connectivity index (χ3n) is 4.07. The number of carbonyl (C=O) groups is 4. The molecule has 0 unspecified atom stereocenters. The molecule has 0 saturated carbocycles. The maximum atomic E-state index is 11.7. The summed E-state index contributed by atoms with van der Waals surface area (Å²) in [5.41, 5.74) is 17.2. The zero-order valence-electron chi connectivity index (χ0n) is 22.4. The number of carbonyl (C=O) groups excluding carboxylic acids is 1. The summed E-state index contributed by atoms with van der Waals surface area (Å²) in [5.74, 6) is -7.75. The summed E-state index contributed by atoms with van der Waals surface area (Å²) in [4.78, 5) is 38.4. The average Bonchev–Trinajstić information content (AvgIpc) is 2.88. The van der Waals surface area contributed by atoms with Crippen molar-refractivity contribution in [1.82, 2.24) is 5.32 Å². The molecule has 254 valence electrons. The molecule has 13 nitrogen and oxygen atoms in total. The third kappa shape index (κ3) is 25.4. The van der Waals surface area contributed by atoms with E-state index >= 15 is 0 Å². The summed E-state index contributed by atoms with van der Waals surface area (Å²) < 4.78 is 101. The Hall–Kier alpha value is -4.34. The highest BCUT2D eigenvalue weighted by Gasteiger charge is 2.39. The number of hydrogen-bond acceptors (Lipinski definition) is 8. The zero-order valence-corrected chi connectivity index (χ0v) is 22.4. The van der Waals surface area contributed by atoms with Crippen LogP contribution in [0.5, 0.6) is 5.75 Å². The molecule has 0 saturated heterocycles. The van der Waals surface area contributed by atoms with Crippen molar-refractivity contribution >= 4 is 29.7 Å². The van der Waals surface area contributed by atoms with Crippen LogP contribution in [0.15, 0.2) is 24.3 Å². The fourth-order valence-corrected chi connectivity index (χ4v) is 2.00. The van der Waals surface area contributed by atoms with E-state index in [1.165, 1.54) is 0 Å². The van der Waals surface area contributed by atoms with Crippen LogP contribution in [0.1, 0.15) is 31.2 Å². The fraction of sp³-hybridized carbons (Fsp3) is 0.500. The Morgan fingerprint density at radius 3 is 1.64 bits per heavy atom. The second kappa shape index (κ2) is 21.4. The van der Waals surface area contributed by atoms with Crippen molar-refractivity contribution < 1.29 is 78.7 Å². The zero-order chi connectivity index (χ0) is 35.3.